The zero-order chi connectivity index (χ0) is 30.7. The van der Waals surface area contributed by atoms with Crippen LogP contribution in [0.25, 0.3) is 5.82 Å². The van der Waals surface area contributed by atoms with Crippen molar-refractivity contribution in [1.82, 2.24) is 29.3 Å². The van der Waals surface area contributed by atoms with Crippen LogP contribution in [0.15, 0.2) is 35.5 Å². The quantitative estimate of drug-likeness (QED) is 0.466. The number of hydrogen-bond acceptors (Lipinski definition) is 8. The van der Waals surface area contributed by atoms with Gasteiger partial charge in [0.25, 0.3) is 15.9 Å². The molecule has 1 fully saturated rings. The van der Waals surface area contributed by atoms with Crippen molar-refractivity contribution in [1.29, 1.82) is 0 Å². The van der Waals surface area contributed by atoms with E-state index in [2.05, 4.69) is 14.9 Å². The van der Waals surface area contributed by atoms with Crippen molar-refractivity contribution in [2.24, 2.45) is 11.3 Å². The van der Waals surface area contributed by atoms with Crippen LogP contribution >= 0.6 is 0 Å². The van der Waals surface area contributed by atoms with Gasteiger partial charge in [-0.25, -0.2) is 22.8 Å². The highest BCUT2D eigenvalue weighted by Crippen LogP contribution is 2.40. The Morgan fingerprint density at radius 3 is 2.64 bits per heavy atom. The van der Waals surface area contributed by atoms with Gasteiger partial charge in [-0.3, -0.25) is 9.48 Å². The number of nitrogens with one attached hydrogen (secondary N) is 1. The summed E-state index contributed by atoms with van der Waals surface area (Å²) in [5, 5.41) is 8.47. The summed E-state index contributed by atoms with van der Waals surface area (Å²) < 4.78 is 76.6. The van der Waals surface area contributed by atoms with Gasteiger partial charge < -0.3 is 9.64 Å². The largest absolute Gasteiger partial charge is 0.476 e. The second-order valence-corrected chi connectivity index (χ2v) is 13.8. The fourth-order valence-corrected chi connectivity index (χ4v) is 6.57. The maximum atomic E-state index is 13.5. The molecule has 0 unspecified atom stereocenters. The van der Waals surface area contributed by atoms with E-state index in [0.29, 0.717) is 24.7 Å². The summed E-state index contributed by atoms with van der Waals surface area (Å²) in [6, 6.07) is 4.40. The smallest absolute Gasteiger partial charge is 0.397 e. The van der Waals surface area contributed by atoms with Crippen LogP contribution in [0.1, 0.15) is 63.0 Å². The van der Waals surface area contributed by atoms with Gasteiger partial charge in [-0.15, -0.1) is 5.10 Å². The van der Waals surface area contributed by atoms with Crippen LogP contribution in [0, 0.1) is 18.3 Å². The molecule has 0 saturated carbocycles. The molecule has 3 aromatic rings. The highest BCUT2D eigenvalue weighted by Gasteiger charge is 2.48. The molecule has 42 heavy (non-hydrogen) atoms. The van der Waals surface area contributed by atoms with Gasteiger partial charge >= 0.3 is 6.18 Å². The lowest BCUT2D eigenvalue weighted by Gasteiger charge is -2.34. The van der Waals surface area contributed by atoms with E-state index >= 15 is 0 Å². The number of aromatic nitrogens is 5. The maximum Gasteiger partial charge on any atom is 0.397 e. The number of rotatable bonds is 4. The Bertz CT molecular complexity index is 1610. The minimum absolute atomic E-state index is 0.0180. The molecule has 5 rings (SSSR count). The number of pyridine rings is 1. The Morgan fingerprint density at radius 2 is 1.93 bits per heavy atom. The first kappa shape index (κ1) is 29.9. The van der Waals surface area contributed by atoms with Crippen molar-refractivity contribution < 1.29 is 31.1 Å². The first-order valence-corrected chi connectivity index (χ1v) is 15.1. The molecule has 2 aliphatic rings. The number of carbonyl (C=O) groups is 1. The van der Waals surface area contributed by atoms with Gasteiger partial charge in [0.05, 0.1) is 22.9 Å². The minimum atomic E-state index is -4.45. The van der Waals surface area contributed by atoms with Crippen molar-refractivity contribution in [2.45, 2.75) is 77.0 Å². The van der Waals surface area contributed by atoms with Crippen LogP contribution in [-0.4, -0.2) is 63.7 Å². The zero-order valence-corrected chi connectivity index (χ0v) is 24.9. The average molecular weight is 610 g/mol. The molecule has 1 atom stereocenters. The monoisotopic (exact) mass is 609 g/mol. The molecule has 3 aromatic heterocycles. The van der Waals surface area contributed by atoms with Crippen LogP contribution < -0.4 is 14.4 Å². The molecule has 4 bridgehead atoms. The summed E-state index contributed by atoms with van der Waals surface area (Å²) in [6.45, 7) is 8.36. The van der Waals surface area contributed by atoms with Crippen molar-refractivity contribution in [3.8, 4) is 11.7 Å². The molecule has 15 heteroatoms. The van der Waals surface area contributed by atoms with Crippen LogP contribution in [0.3, 0.4) is 0 Å². The number of aryl methyl sites for hydroxylation is 1. The summed E-state index contributed by atoms with van der Waals surface area (Å²) in [6.07, 6.45) is 0.793. The summed E-state index contributed by atoms with van der Waals surface area (Å²) in [5.74, 6) is 0.00662. The highest BCUT2D eigenvalue weighted by molar-refractivity contribution is 7.90. The number of nitrogens with zero attached hydrogens (tertiary/aromatic N) is 6. The fraction of sp³-hybridized carbons (Fsp3) is 0.556. The molecule has 5 heterocycles. The number of anilines is 1. The number of fused-ring (bicyclic) bond motifs is 6. The minimum Gasteiger partial charge on any atom is -0.476 e. The molecule has 1 amide bonds. The summed E-state index contributed by atoms with van der Waals surface area (Å²) >= 11 is 0. The third kappa shape index (κ3) is 5.57. The normalized spacial score (nSPS) is 20.5. The topological polar surface area (TPSA) is 124 Å². The summed E-state index contributed by atoms with van der Waals surface area (Å²) in [5.41, 5.74) is -1.97. The van der Waals surface area contributed by atoms with E-state index in [4.69, 9.17) is 9.72 Å². The van der Waals surface area contributed by atoms with Crippen molar-refractivity contribution in [2.75, 3.05) is 18.1 Å². The van der Waals surface area contributed by atoms with E-state index < -0.39 is 39.7 Å². The first-order chi connectivity index (χ1) is 19.5. The molecule has 11 nitrogen and oxygen atoms in total. The van der Waals surface area contributed by atoms with Gasteiger partial charge in [-0.1, -0.05) is 0 Å². The van der Waals surface area contributed by atoms with Gasteiger partial charge in [0, 0.05) is 30.9 Å². The number of hydrogen-bond donors (Lipinski definition) is 1. The van der Waals surface area contributed by atoms with Gasteiger partial charge in [-0.2, -0.15) is 18.3 Å². The Kier molecular flexibility index (Phi) is 7.31. The lowest BCUT2D eigenvalue weighted by atomic mass is 9.93. The average Bonchev–Trinajstić information content (AvgIpc) is 3.58. The zero-order valence-electron chi connectivity index (χ0n) is 24.1. The molecule has 2 aliphatic heterocycles. The van der Waals surface area contributed by atoms with Gasteiger partial charge in [0.1, 0.15) is 17.3 Å². The molecule has 1 N–H and O–H groups in total. The third-order valence-corrected chi connectivity index (χ3v) is 9.46. The predicted molar refractivity (Wildman–Crippen MR) is 147 cm³/mol. The third-order valence-electron chi connectivity index (χ3n) is 8.03. The lowest BCUT2D eigenvalue weighted by molar-refractivity contribution is -0.219. The Balaban J connectivity index is 1.52. The second-order valence-electron chi connectivity index (χ2n) is 12.2. The number of alkyl halides is 3. The molecule has 0 radical (unpaired) electrons. The number of amides is 1. The van der Waals surface area contributed by atoms with Crippen molar-refractivity contribution in [3.05, 3.63) is 41.9 Å². The Morgan fingerprint density at radius 1 is 1.19 bits per heavy atom. The van der Waals surface area contributed by atoms with Gasteiger partial charge in [-0.05, 0) is 71.9 Å². The Labute approximate surface area is 242 Å². The highest BCUT2D eigenvalue weighted by atomic mass is 32.2. The standard InChI is InChI=1S/C27H34F3N7O4S/c1-17-20-14-31-36(17)11-6-7-18-13-26(4,5)35(15-18)23-19(24(38)34-42(20,39)40)8-9-21(32-23)37-12-10-22(33-37)41-16-25(2,3)27(28,29)30/h8-10,12,14,18H,6-7,11,13,15-16H2,1-5H3,(H,34,38)/t18-/m1/s1. The predicted octanol–water partition coefficient (Wildman–Crippen LogP) is 4.26. The molecule has 0 aromatic carbocycles. The van der Waals surface area contributed by atoms with E-state index in [-0.39, 0.29) is 28.0 Å². The number of sulfonamides is 1. The van der Waals surface area contributed by atoms with E-state index in [1.165, 1.54) is 35.3 Å². The number of halogens is 3. The fourth-order valence-electron chi connectivity index (χ4n) is 5.43. The SMILES string of the molecule is Cc1c2cnn1CCC[C@H]1CN(c3nc(-n4ccc(OCC(C)(C)C(F)(F)F)n4)ccc3C(=O)NS2(=O)=O)C(C)(C)C1. The lowest BCUT2D eigenvalue weighted by Crippen LogP contribution is -2.41. The maximum absolute atomic E-state index is 13.5. The molecule has 1 saturated heterocycles. The first-order valence-electron chi connectivity index (χ1n) is 13.6. The number of carbonyl (C=O) groups excluding carboxylic acids is 1. The van der Waals surface area contributed by atoms with E-state index in [1.807, 2.05) is 18.7 Å². The number of ether oxygens (including phenoxy) is 1. The van der Waals surface area contributed by atoms with E-state index in [9.17, 15) is 26.4 Å². The van der Waals surface area contributed by atoms with Crippen LogP contribution in [0.4, 0.5) is 19.0 Å². The van der Waals surface area contributed by atoms with Crippen molar-refractivity contribution in [3.63, 3.8) is 0 Å². The molecule has 0 spiro atoms. The molecule has 0 aliphatic carbocycles. The van der Waals surface area contributed by atoms with Crippen molar-refractivity contribution >= 4 is 21.7 Å². The van der Waals surface area contributed by atoms with Crippen LogP contribution in [0.2, 0.25) is 0 Å². The van der Waals surface area contributed by atoms with Crippen LogP contribution in [0.5, 0.6) is 5.88 Å². The van der Waals surface area contributed by atoms with Gasteiger partial charge in [0.2, 0.25) is 5.88 Å². The summed E-state index contributed by atoms with van der Waals surface area (Å²) in [4.78, 5) is 20.2. The van der Waals surface area contributed by atoms with E-state index in [1.54, 1.807) is 11.6 Å². The molecular formula is C27H34F3N7O4S. The van der Waals surface area contributed by atoms with Gasteiger partial charge in [0.15, 0.2) is 5.82 Å². The molecule has 228 valence electrons. The van der Waals surface area contributed by atoms with E-state index in [0.717, 1.165) is 33.1 Å². The Hall–Kier alpha value is -3.62. The van der Waals surface area contributed by atoms with Crippen LogP contribution in [-0.2, 0) is 16.6 Å². The molecular weight excluding hydrogens is 575 g/mol. The summed E-state index contributed by atoms with van der Waals surface area (Å²) in [7, 11) is -4.22. The second kappa shape index (κ2) is 10.3.